The number of hydrogen-bond acceptors (Lipinski definition) is 1. The molecular formula is C26H47O. The molecule has 0 amide bonds. The molecule has 1 radical (unpaired) electrons. The Labute approximate surface area is 171 Å². The molecule has 0 heterocycles. The summed E-state index contributed by atoms with van der Waals surface area (Å²) in [6.07, 6.45) is 32.2. The van der Waals surface area contributed by atoms with E-state index >= 15 is 0 Å². The SMILES string of the molecule is CCCCC/C=C\C/C=C\CCCCCCC([C]=O)(CC)CCCCCC. The molecule has 0 bridgehead atoms. The molecule has 0 saturated heterocycles. The van der Waals surface area contributed by atoms with Gasteiger partial charge in [0.05, 0.1) is 0 Å². The summed E-state index contributed by atoms with van der Waals surface area (Å²) in [6, 6.07) is 0. The Hall–Kier alpha value is -0.850. The van der Waals surface area contributed by atoms with Gasteiger partial charge in [-0.2, -0.15) is 0 Å². The van der Waals surface area contributed by atoms with Gasteiger partial charge in [0.15, 0.2) is 0 Å². The number of hydrogen-bond donors (Lipinski definition) is 0. The van der Waals surface area contributed by atoms with Gasteiger partial charge in [0.1, 0.15) is 0 Å². The van der Waals surface area contributed by atoms with E-state index in [0.29, 0.717) is 0 Å². The van der Waals surface area contributed by atoms with Gasteiger partial charge >= 0.3 is 0 Å². The van der Waals surface area contributed by atoms with Crippen molar-refractivity contribution in [3.8, 4) is 0 Å². The van der Waals surface area contributed by atoms with Crippen LogP contribution in [0.2, 0.25) is 0 Å². The zero-order valence-electron chi connectivity index (χ0n) is 18.7. The van der Waals surface area contributed by atoms with Crippen LogP contribution in [0.1, 0.15) is 130 Å². The lowest BCUT2D eigenvalue weighted by Gasteiger charge is -2.25. The molecule has 0 fully saturated rings. The summed E-state index contributed by atoms with van der Waals surface area (Å²) in [7, 11) is 0. The lowest BCUT2D eigenvalue weighted by Crippen LogP contribution is -2.21. The summed E-state index contributed by atoms with van der Waals surface area (Å²) in [5.74, 6) is 0. The minimum Gasteiger partial charge on any atom is -0.290 e. The van der Waals surface area contributed by atoms with Crippen LogP contribution in [0.5, 0.6) is 0 Å². The fourth-order valence-corrected chi connectivity index (χ4v) is 3.64. The van der Waals surface area contributed by atoms with E-state index in [4.69, 9.17) is 0 Å². The van der Waals surface area contributed by atoms with Crippen LogP contribution in [-0.4, -0.2) is 6.29 Å². The molecule has 0 N–H and O–H groups in total. The van der Waals surface area contributed by atoms with Crippen LogP contribution in [0.4, 0.5) is 0 Å². The maximum absolute atomic E-state index is 11.5. The van der Waals surface area contributed by atoms with Crippen LogP contribution in [0.25, 0.3) is 0 Å². The largest absolute Gasteiger partial charge is 0.290 e. The number of carbonyl (C=O) groups excluding carboxylic acids is 1. The molecule has 0 saturated carbocycles. The van der Waals surface area contributed by atoms with Crippen molar-refractivity contribution in [2.45, 2.75) is 130 Å². The van der Waals surface area contributed by atoms with Crippen molar-refractivity contribution in [2.24, 2.45) is 5.41 Å². The van der Waals surface area contributed by atoms with Crippen molar-refractivity contribution in [2.75, 3.05) is 0 Å². The van der Waals surface area contributed by atoms with Crippen molar-refractivity contribution in [1.29, 1.82) is 0 Å². The monoisotopic (exact) mass is 375 g/mol. The maximum Gasteiger partial charge on any atom is 0.205 e. The Morgan fingerprint density at radius 1 is 0.630 bits per heavy atom. The molecule has 1 atom stereocenters. The Morgan fingerprint density at radius 2 is 1.11 bits per heavy atom. The summed E-state index contributed by atoms with van der Waals surface area (Å²) in [5.41, 5.74) is -0.156. The van der Waals surface area contributed by atoms with Crippen LogP contribution < -0.4 is 0 Å². The second-order valence-corrected chi connectivity index (χ2v) is 8.17. The fourth-order valence-electron chi connectivity index (χ4n) is 3.64. The lowest BCUT2D eigenvalue weighted by molar-refractivity contribution is 0.299. The van der Waals surface area contributed by atoms with Gasteiger partial charge in [0, 0.05) is 5.41 Å². The van der Waals surface area contributed by atoms with E-state index in [9.17, 15) is 4.79 Å². The predicted octanol–water partition coefficient (Wildman–Crippen LogP) is 8.89. The van der Waals surface area contributed by atoms with Gasteiger partial charge in [-0.25, -0.2) is 0 Å². The molecule has 27 heavy (non-hydrogen) atoms. The second-order valence-electron chi connectivity index (χ2n) is 8.17. The van der Waals surface area contributed by atoms with E-state index < -0.39 is 0 Å². The van der Waals surface area contributed by atoms with Gasteiger partial charge < -0.3 is 0 Å². The van der Waals surface area contributed by atoms with Crippen LogP contribution in [0.3, 0.4) is 0 Å². The summed E-state index contributed by atoms with van der Waals surface area (Å²) in [5, 5.41) is 0. The van der Waals surface area contributed by atoms with E-state index in [0.717, 1.165) is 25.7 Å². The first-order valence-electron chi connectivity index (χ1n) is 11.9. The molecule has 0 aromatic rings. The van der Waals surface area contributed by atoms with E-state index in [1.807, 2.05) is 0 Å². The van der Waals surface area contributed by atoms with Gasteiger partial charge in [-0.3, -0.25) is 4.79 Å². The molecule has 1 heteroatoms. The number of allylic oxidation sites excluding steroid dienone is 4. The Kier molecular flexibility index (Phi) is 19.3. The zero-order chi connectivity index (χ0) is 20.1. The first kappa shape index (κ1) is 26.1. The average molecular weight is 376 g/mol. The van der Waals surface area contributed by atoms with E-state index in [2.05, 4.69) is 51.4 Å². The number of unbranched alkanes of at least 4 members (excludes halogenated alkanes) is 10. The smallest absolute Gasteiger partial charge is 0.205 e. The van der Waals surface area contributed by atoms with Crippen molar-refractivity contribution in [1.82, 2.24) is 0 Å². The van der Waals surface area contributed by atoms with Crippen molar-refractivity contribution in [3.63, 3.8) is 0 Å². The van der Waals surface area contributed by atoms with Gasteiger partial charge in [0.25, 0.3) is 0 Å². The van der Waals surface area contributed by atoms with E-state index in [1.54, 1.807) is 0 Å². The van der Waals surface area contributed by atoms with Crippen LogP contribution >= 0.6 is 0 Å². The summed E-state index contributed by atoms with van der Waals surface area (Å²) < 4.78 is 0. The minimum absolute atomic E-state index is 0.156. The van der Waals surface area contributed by atoms with E-state index in [1.165, 1.54) is 83.5 Å². The third-order valence-electron chi connectivity index (χ3n) is 5.76. The molecule has 157 valence electrons. The molecule has 0 aromatic carbocycles. The molecule has 0 aliphatic heterocycles. The van der Waals surface area contributed by atoms with Gasteiger partial charge in [0.2, 0.25) is 6.29 Å². The maximum atomic E-state index is 11.5. The highest BCUT2D eigenvalue weighted by Gasteiger charge is 2.27. The Balaban J connectivity index is 3.69. The van der Waals surface area contributed by atoms with Gasteiger partial charge in [-0.1, -0.05) is 103 Å². The Bertz CT molecular complexity index is 368. The quantitative estimate of drug-likeness (QED) is 0.153. The zero-order valence-corrected chi connectivity index (χ0v) is 18.7. The third-order valence-corrected chi connectivity index (χ3v) is 5.76. The highest BCUT2D eigenvalue weighted by Crippen LogP contribution is 2.33. The van der Waals surface area contributed by atoms with Crippen molar-refractivity contribution < 1.29 is 4.79 Å². The third kappa shape index (κ3) is 15.9. The molecule has 0 rings (SSSR count). The summed E-state index contributed by atoms with van der Waals surface area (Å²) in [6.45, 7) is 6.65. The highest BCUT2D eigenvalue weighted by atomic mass is 16.1. The second kappa shape index (κ2) is 19.9. The Morgan fingerprint density at radius 3 is 1.63 bits per heavy atom. The fraction of sp³-hybridized carbons (Fsp3) is 0.808. The van der Waals surface area contributed by atoms with Crippen molar-refractivity contribution in [3.05, 3.63) is 24.3 Å². The summed E-state index contributed by atoms with van der Waals surface area (Å²) in [4.78, 5) is 11.5. The highest BCUT2D eigenvalue weighted by molar-refractivity contribution is 5.60. The molecule has 0 spiro atoms. The predicted molar refractivity (Wildman–Crippen MR) is 122 cm³/mol. The molecule has 1 nitrogen and oxygen atoms in total. The van der Waals surface area contributed by atoms with Crippen LogP contribution in [-0.2, 0) is 4.79 Å². The molecule has 1 unspecified atom stereocenters. The van der Waals surface area contributed by atoms with E-state index in [-0.39, 0.29) is 5.41 Å². The van der Waals surface area contributed by atoms with Crippen LogP contribution in [0.15, 0.2) is 24.3 Å². The first-order chi connectivity index (χ1) is 13.2. The number of rotatable bonds is 20. The van der Waals surface area contributed by atoms with Gasteiger partial charge in [-0.05, 0) is 51.4 Å². The first-order valence-corrected chi connectivity index (χ1v) is 11.9. The topological polar surface area (TPSA) is 17.1 Å². The summed E-state index contributed by atoms with van der Waals surface area (Å²) >= 11 is 0. The standard InChI is InChI=1S/C26H47O/c1-4-7-9-11-12-13-14-15-16-17-18-19-20-22-24-26(6-3,25-27)23-21-10-8-5-2/h12-13,15-16H,4-11,14,17-24H2,1-3H3/b13-12-,16-15-. The molecule has 0 aromatic heterocycles. The molecular weight excluding hydrogens is 328 g/mol. The van der Waals surface area contributed by atoms with Gasteiger partial charge in [-0.15, -0.1) is 0 Å². The van der Waals surface area contributed by atoms with Crippen LogP contribution in [0, 0.1) is 5.41 Å². The minimum atomic E-state index is -0.156. The average Bonchev–Trinajstić information content (AvgIpc) is 2.70. The molecule has 0 aliphatic carbocycles. The lowest BCUT2D eigenvalue weighted by atomic mass is 9.77. The molecule has 0 aliphatic rings. The normalized spacial score (nSPS) is 14.2. The van der Waals surface area contributed by atoms with Crippen molar-refractivity contribution >= 4 is 6.29 Å².